The first-order valence-corrected chi connectivity index (χ1v) is 16.3. The Morgan fingerprint density at radius 1 is 0.645 bits per heavy atom. The molecule has 0 heterocycles. The Kier molecular flexibility index (Phi) is 17.8. The van der Waals surface area contributed by atoms with Crippen molar-refractivity contribution in [3.63, 3.8) is 0 Å². The van der Waals surface area contributed by atoms with Gasteiger partial charge in [-0.1, -0.05) is 12.8 Å². The van der Waals surface area contributed by atoms with E-state index in [9.17, 15) is 29.4 Å². The molecule has 0 atom stereocenters. The molecule has 2 aliphatic rings. The summed E-state index contributed by atoms with van der Waals surface area (Å²) in [5, 5.41) is 20.0. The van der Waals surface area contributed by atoms with Crippen molar-refractivity contribution in [1.82, 2.24) is 0 Å². The summed E-state index contributed by atoms with van der Waals surface area (Å²) < 4.78 is 10.0. The van der Waals surface area contributed by atoms with Gasteiger partial charge in [-0.15, -0.1) is 0 Å². The van der Waals surface area contributed by atoms with Gasteiger partial charge in [-0.25, -0.2) is 9.59 Å². The van der Waals surface area contributed by atoms with E-state index >= 15 is 0 Å². The Morgan fingerprint density at radius 3 is 1.19 bits per heavy atom. The van der Waals surface area contributed by atoms with Gasteiger partial charge < -0.3 is 29.3 Å². The predicted octanol–water partition coefficient (Wildman–Crippen LogP) is 1.12. The van der Waals surface area contributed by atoms with Crippen LogP contribution in [-0.2, 0) is 28.7 Å². The first kappa shape index (κ1) is 29.2. The minimum atomic E-state index is -1.38. The van der Waals surface area contributed by atoms with Crippen molar-refractivity contribution >= 4 is 45.0 Å². The summed E-state index contributed by atoms with van der Waals surface area (Å²) in [7, 11) is 0. The fourth-order valence-corrected chi connectivity index (χ4v) is 3.05. The summed E-state index contributed by atoms with van der Waals surface area (Å²) in [6.07, 6.45) is 13.3. The van der Waals surface area contributed by atoms with Crippen molar-refractivity contribution in [1.29, 1.82) is 0 Å². The van der Waals surface area contributed by atoms with Gasteiger partial charge in [0.15, 0.2) is 0 Å². The molecule has 2 fully saturated rings. The first-order chi connectivity index (χ1) is 14.8. The third-order valence-electron chi connectivity index (χ3n) is 4.38. The number of esters is 2. The van der Waals surface area contributed by atoms with Crippen LogP contribution < -0.4 is 10.2 Å². The number of aliphatic carboxylic acids is 2. The summed E-state index contributed by atoms with van der Waals surface area (Å²) in [5.41, 5.74) is 0. The van der Waals surface area contributed by atoms with Crippen LogP contribution in [0.2, 0.25) is 9.88 Å². The van der Waals surface area contributed by atoms with Gasteiger partial charge in [0.25, 0.3) is 0 Å². The van der Waals surface area contributed by atoms with Crippen LogP contribution >= 0.6 is 0 Å². The molecular formula is C22H32O8Sn. The van der Waals surface area contributed by atoms with Crippen molar-refractivity contribution in [3.05, 3.63) is 24.3 Å². The van der Waals surface area contributed by atoms with Crippen LogP contribution in [0.15, 0.2) is 24.3 Å². The Hall–Kier alpha value is -1.84. The SMILES string of the molecule is O=C([O-])/C=C\C(=O)OC1CCCCC1.O=C([O-])/C=C\C(=O)OC1CCCCC1.[CH3][Sn+2][CH3]. The van der Waals surface area contributed by atoms with Crippen LogP contribution in [0.5, 0.6) is 0 Å². The second kappa shape index (κ2) is 18.9. The van der Waals surface area contributed by atoms with Gasteiger partial charge >= 0.3 is 43.0 Å². The number of ether oxygens (including phenoxy) is 2. The van der Waals surface area contributed by atoms with Crippen LogP contribution in [-0.4, -0.2) is 57.2 Å². The van der Waals surface area contributed by atoms with Crippen LogP contribution in [0.25, 0.3) is 0 Å². The summed E-state index contributed by atoms with van der Waals surface area (Å²) in [5.74, 6) is -3.96. The standard InChI is InChI=1S/2C10H14O4.2CH3.Sn/c2*11-9(12)6-7-10(13)14-8-4-2-1-3-5-8;;;/h2*6-8H,1-5H2,(H,11,12);2*1H3;/q;;;;+2/p-2/b2*7-6-;;;. The quantitative estimate of drug-likeness (QED) is 0.277. The van der Waals surface area contributed by atoms with Crippen molar-refractivity contribution in [2.24, 2.45) is 0 Å². The van der Waals surface area contributed by atoms with E-state index in [1.165, 1.54) is 12.8 Å². The molecule has 0 aromatic carbocycles. The number of rotatable bonds is 6. The van der Waals surface area contributed by atoms with E-state index in [1.54, 1.807) is 0 Å². The molecule has 0 spiro atoms. The third kappa shape index (κ3) is 18.6. The normalized spacial score (nSPS) is 16.8. The molecule has 0 saturated heterocycles. The minimum absolute atomic E-state index is 0.0392. The Labute approximate surface area is 194 Å². The van der Waals surface area contributed by atoms with Crippen molar-refractivity contribution in [3.8, 4) is 0 Å². The van der Waals surface area contributed by atoms with E-state index in [0.717, 1.165) is 63.5 Å². The maximum absolute atomic E-state index is 11.0. The number of carbonyl (C=O) groups is 4. The average Bonchev–Trinajstić information content (AvgIpc) is 2.73. The van der Waals surface area contributed by atoms with E-state index in [1.807, 2.05) is 0 Å². The molecule has 0 N–H and O–H groups in total. The molecule has 172 valence electrons. The second-order valence-corrected chi connectivity index (χ2v) is 10.1. The van der Waals surface area contributed by atoms with Gasteiger partial charge in [-0.05, 0) is 63.5 Å². The van der Waals surface area contributed by atoms with Gasteiger partial charge in [0.05, 0.1) is 11.9 Å². The molecule has 2 aliphatic carbocycles. The van der Waals surface area contributed by atoms with Crippen LogP contribution in [0, 0.1) is 0 Å². The molecule has 8 nitrogen and oxygen atoms in total. The summed E-state index contributed by atoms with van der Waals surface area (Å²) in [6, 6.07) is 0. The summed E-state index contributed by atoms with van der Waals surface area (Å²) in [6.45, 7) is 0. The van der Waals surface area contributed by atoms with E-state index in [2.05, 4.69) is 9.88 Å². The van der Waals surface area contributed by atoms with Crippen LogP contribution in [0.3, 0.4) is 0 Å². The fourth-order valence-electron chi connectivity index (χ4n) is 3.05. The van der Waals surface area contributed by atoms with Crippen LogP contribution in [0.1, 0.15) is 64.2 Å². The predicted molar refractivity (Wildman–Crippen MR) is 112 cm³/mol. The molecule has 2 saturated carbocycles. The van der Waals surface area contributed by atoms with E-state index in [4.69, 9.17) is 9.47 Å². The molecule has 2 rings (SSSR count). The van der Waals surface area contributed by atoms with Crippen molar-refractivity contribution in [2.45, 2.75) is 86.3 Å². The molecule has 9 heteroatoms. The zero-order chi connectivity index (χ0) is 23.5. The van der Waals surface area contributed by atoms with Gasteiger partial charge in [0.2, 0.25) is 0 Å². The Morgan fingerprint density at radius 2 is 0.935 bits per heavy atom. The first-order valence-electron chi connectivity index (χ1n) is 10.6. The maximum atomic E-state index is 11.0. The van der Waals surface area contributed by atoms with E-state index < -0.39 is 23.9 Å². The topological polar surface area (TPSA) is 133 Å². The summed E-state index contributed by atoms with van der Waals surface area (Å²) >= 11 is 0.230. The third-order valence-corrected chi connectivity index (χ3v) is 4.38. The average molecular weight is 543 g/mol. The molecule has 31 heavy (non-hydrogen) atoms. The van der Waals surface area contributed by atoms with E-state index in [-0.39, 0.29) is 33.4 Å². The molecule has 0 amide bonds. The molecule has 0 aromatic heterocycles. The van der Waals surface area contributed by atoms with Gasteiger partial charge in [0.1, 0.15) is 12.2 Å². The van der Waals surface area contributed by atoms with Crippen molar-refractivity contribution < 1.29 is 38.9 Å². The van der Waals surface area contributed by atoms with E-state index in [0.29, 0.717) is 12.2 Å². The zero-order valence-corrected chi connectivity index (χ0v) is 21.2. The molecule has 0 aliphatic heterocycles. The number of hydrogen-bond donors (Lipinski definition) is 0. The van der Waals surface area contributed by atoms with Crippen molar-refractivity contribution in [2.75, 3.05) is 0 Å². The number of carboxylic acid groups (broad SMARTS) is 2. The Balaban J connectivity index is 0.000000516. The second-order valence-electron chi connectivity index (χ2n) is 7.20. The molecule has 0 unspecified atom stereocenters. The molecular weight excluding hydrogens is 511 g/mol. The van der Waals surface area contributed by atoms with Gasteiger partial charge in [0, 0.05) is 12.2 Å². The molecule has 0 bridgehead atoms. The fraction of sp³-hybridized carbons (Fsp3) is 0.636. The van der Waals surface area contributed by atoms with Crippen LogP contribution in [0.4, 0.5) is 0 Å². The number of carbonyl (C=O) groups excluding carboxylic acids is 4. The molecule has 0 radical (unpaired) electrons. The van der Waals surface area contributed by atoms with Gasteiger partial charge in [-0.2, -0.15) is 0 Å². The summed E-state index contributed by atoms with van der Waals surface area (Å²) in [4.78, 5) is 46.6. The zero-order valence-electron chi connectivity index (χ0n) is 18.3. The number of carboxylic acids is 2. The van der Waals surface area contributed by atoms with Gasteiger partial charge in [-0.3, -0.25) is 0 Å². The Bertz CT molecular complexity index is 551. The monoisotopic (exact) mass is 544 g/mol. The number of hydrogen-bond acceptors (Lipinski definition) is 8. The molecule has 0 aromatic rings.